The van der Waals surface area contributed by atoms with Gasteiger partial charge in [-0.2, -0.15) is 0 Å². The number of nitro groups is 1. The number of nitro benzene ring substituents is 1. The van der Waals surface area contributed by atoms with Crippen molar-refractivity contribution in [1.29, 1.82) is 0 Å². The van der Waals surface area contributed by atoms with E-state index in [0.717, 1.165) is 16.1 Å². The summed E-state index contributed by atoms with van der Waals surface area (Å²) in [5.41, 5.74) is 0.857. The minimum Gasteiger partial charge on any atom is -0.452 e. The van der Waals surface area contributed by atoms with Gasteiger partial charge in [-0.05, 0) is 42.8 Å². The van der Waals surface area contributed by atoms with Crippen LogP contribution < -0.4 is 10.6 Å². The maximum Gasteiger partial charge on any atom is 0.338 e. The molecule has 2 N–H and O–H groups in total. The second-order valence-corrected chi connectivity index (χ2v) is 7.11. The van der Waals surface area contributed by atoms with E-state index in [4.69, 9.17) is 16.3 Å². The molecule has 9 nitrogen and oxygen atoms in total. The average molecular weight is 485 g/mol. The van der Waals surface area contributed by atoms with Crippen LogP contribution in [0.5, 0.6) is 0 Å². The number of amides is 2. The second-order valence-electron chi connectivity index (χ2n) is 5.78. The highest BCUT2D eigenvalue weighted by Crippen LogP contribution is 2.25. The summed E-state index contributed by atoms with van der Waals surface area (Å²) in [5, 5.41) is 15.7. The minimum absolute atomic E-state index is 0.127. The Morgan fingerprint density at radius 2 is 1.90 bits per heavy atom. The molecule has 0 bridgehead atoms. The molecule has 0 radical (unpaired) electrons. The second kappa shape index (κ2) is 9.99. The Kier molecular flexibility index (Phi) is 7.68. The standard InChI is InChI=1S/C18H15BrClN3O6/c1-10-6-12(19)3-5-14(10)22-16(24)8-21-17(25)9-29-18(26)11-2-4-13(20)15(7-11)23(27)28/h2-7H,8-9H2,1H3,(H,21,25)(H,22,24). The lowest BCUT2D eigenvalue weighted by Gasteiger charge is -2.10. The SMILES string of the molecule is Cc1cc(Br)ccc1NC(=O)CNC(=O)COC(=O)c1ccc(Cl)c([N+](=O)[O-])c1. The van der Waals surface area contributed by atoms with Gasteiger partial charge in [-0.25, -0.2) is 4.79 Å². The monoisotopic (exact) mass is 483 g/mol. The molecule has 2 aromatic carbocycles. The van der Waals surface area contributed by atoms with Crippen LogP contribution in [-0.2, 0) is 14.3 Å². The Balaban J connectivity index is 1.82. The van der Waals surface area contributed by atoms with E-state index >= 15 is 0 Å². The Bertz CT molecular complexity index is 982. The fraction of sp³-hybridized carbons (Fsp3) is 0.167. The smallest absolute Gasteiger partial charge is 0.338 e. The molecule has 2 rings (SSSR count). The molecule has 11 heteroatoms. The molecule has 0 fully saturated rings. The van der Waals surface area contributed by atoms with Gasteiger partial charge in [0.05, 0.1) is 17.0 Å². The molecular formula is C18H15BrClN3O6. The van der Waals surface area contributed by atoms with Crippen molar-refractivity contribution in [2.24, 2.45) is 0 Å². The van der Waals surface area contributed by atoms with E-state index in [0.29, 0.717) is 5.69 Å². The zero-order valence-electron chi connectivity index (χ0n) is 15.0. The molecule has 0 aliphatic carbocycles. The van der Waals surface area contributed by atoms with Gasteiger partial charge in [0, 0.05) is 16.2 Å². The fourth-order valence-corrected chi connectivity index (χ4v) is 2.85. The number of nitrogens with one attached hydrogen (secondary N) is 2. The summed E-state index contributed by atoms with van der Waals surface area (Å²) >= 11 is 8.99. The van der Waals surface area contributed by atoms with Crippen LogP contribution in [0.4, 0.5) is 11.4 Å². The van der Waals surface area contributed by atoms with Crippen molar-refractivity contribution in [2.75, 3.05) is 18.5 Å². The van der Waals surface area contributed by atoms with Gasteiger partial charge in [-0.15, -0.1) is 0 Å². The Labute approximate surface area is 178 Å². The van der Waals surface area contributed by atoms with Gasteiger partial charge in [-0.3, -0.25) is 19.7 Å². The lowest BCUT2D eigenvalue weighted by molar-refractivity contribution is -0.384. The minimum atomic E-state index is -0.935. The Morgan fingerprint density at radius 3 is 2.55 bits per heavy atom. The number of aryl methyl sites for hydroxylation is 1. The van der Waals surface area contributed by atoms with Crippen molar-refractivity contribution in [3.05, 3.63) is 67.1 Å². The summed E-state index contributed by atoms with van der Waals surface area (Å²) in [6.45, 7) is 0.845. The number of benzene rings is 2. The van der Waals surface area contributed by atoms with Crippen LogP contribution in [-0.4, -0.2) is 35.9 Å². The molecule has 0 saturated carbocycles. The van der Waals surface area contributed by atoms with Crippen molar-refractivity contribution in [2.45, 2.75) is 6.92 Å². The normalized spacial score (nSPS) is 10.2. The van der Waals surface area contributed by atoms with Crippen molar-refractivity contribution in [3.8, 4) is 0 Å². The highest BCUT2D eigenvalue weighted by atomic mass is 79.9. The number of esters is 1. The molecule has 0 aromatic heterocycles. The van der Waals surface area contributed by atoms with Gasteiger partial charge in [0.2, 0.25) is 5.91 Å². The number of ether oxygens (including phenoxy) is 1. The van der Waals surface area contributed by atoms with Crippen LogP contribution in [0.1, 0.15) is 15.9 Å². The van der Waals surface area contributed by atoms with Crippen LogP contribution in [0.25, 0.3) is 0 Å². The van der Waals surface area contributed by atoms with Crippen molar-refractivity contribution in [3.63, 3.8) is 0 Å². The number of anilines is 1. The van der Waals surface area contributed by atoms with E-state index in [1.165, 1.54) is 12.1 Å². The first kappa shape index (κ1) is 22.3. The van der Waals surface area contributed by atoms with Crippen LogP contribution in [0.3, 0.4) is 0 Å². The molecule has 0 atom stereocenters. The molecule has 0 heterocycles. The summed E-state index contributed by atoms with van der Waals surface area (Å²) in [4.78, 5) is 45.7. The predicted molar refractivity (Wildman–Crippen MR) is 109 cm³/mol. The van der Waals surface area contributed by atoms with Gasteiger partial charge in [0.15, 0.2) is 6.61 Å². The van der Waals surface area contributed by atoms with E-state index in [9.17, 15) is 24.5 Å². The Morgan fingerprint density at radius 1 is 1.17 bits per heavy atom. The Hall–Kier alpha value is -2.98. The largest absolute Gasteiger partial charge is 0.452 e. The number of nitrogens with zero attached hydrogens (tertiary/aromatic N) is 1. The van der Waals surface area contributed by atoms with Gasteiger partial charge in [0.25, 0.3) is 11.6 Å². The molecule has 152 valence electrons. The first-order chi connectivity index (χ1) is 13.7. The van der Waals surface area contributed by atoms with E-state index in [1.54, 1.807) is 12.1 Å². The maximum absolute atomic E-state index is 11.9. The molecule has 2 aromatic rings. The highest BCUT2D eigenvalue weighted by molar-refractivity contribution is 9.10. The van der Waals surface area contributed by atoms with E-state index in [1.807, 2.05) is 13.0 Å². The van der Waals surface area contributed by atoms with Crippen molar-refractivity contribution in [1.82, 2.24) is 5.32 Å². The summed E-state index contributed by atoms with van der Waals surface area (Å²) in [7, 11) is 0. The van der Waals surface area contributed by atoms with Crippen LogP contribution >= 0.6 is 27.5 Å². The highest BCUT2D eigenvalue weighted by Gasteiger charge is 2.18. The van der Waals surface area contributed by atoms with Gasteiger partial charge in [-0.1, -0.05) is 27.5 Å². The number of carbonyl (C=O) groups excluding carboxylic acids is 3. The molecular weight excluding hydrogens is 470 g/mol. The first-order valence-corrected chi connectivity index (χ1v) is 9.28. The molecule has 2 amide bonds. The quantitative estimate of drug-likeness (QED) is 0.353. The van der Waals surface area contributed by atoms with Gasteiger partial charge >= 0.3 is 5.97 Å². The zero-order valence-corrected chi connectivity index (χ0v) is 17.4. The number of carbonyl (C=O) groups is 3. The van der Waals surface area contributed by atoms with Crippen molar-refractivity contribution >= 4 is 56.7 Å². The topological polar surface area (TPSA) is 128 Å². The van der Waals surface area contributed by atoms with E-state index < -0.39 is 35.0 Å². The summed E-state index contributed by atoms with van der Waals surface area (Å²) < 4.78 is 5.66. The molecule has 0 aliphatic rings. The molecule has 29 heavy (non-hydrogen) atoms. The van der Waals surface area contributed by atoms with Gasteiger partial charge in [0.1, 0.15) is 5.02 Å². The molecule has 0 saturated heterocycles. The lowest BCUT2D eigenvalue weighted by atomic mass is 10.2. The number of hydrogen-bond acceptors (Lipinski definition) is 6. The van der Waals surface area contributed by atoms with Gasteiger partial charge < -0.3 is 15.4 Å². The first-order valence-electron chi connectivity index (χ1n) is 8.11. The third kappa shape index (κ3) is 6.54. The third-order valence-corrected chi connectivity index (χ3v) is 4.43. The summed E-state index contributed by atoms with van der Waals surface area (Å²) in [5.74, 6) is -2.09. The number of hydrogen-bond donors (Lipinski definition) is 2. The zero-order chi connectivity index (χ0) is 21.6. The molecule has 0 spiro atoms. The van der Waals surface area contributed by atoms with Crippen molar-refractivity contribution < 1.29 is 24.0 Å². The molecule has 0 unspecified atom stereocenters. The van der Waals surface area contributed by atoms with Crippen LogP contribution in [0.15, 0.2) is 40.9 Å². The molecule has 0 aliphatic heterocycles. The average Bonchev–Trinajstić information content (AvgIpc) is 2.66. The predicted octanol–water partition coefficient (Wildman–Crippen LogP) is 3.23. The van der Waals surface area contributed by atoms with Crippen LogP contribution in [0.2, 0.25) is 5.02 Å². The third-order valence-electron chi connectivity index (χ3n) is 3.62. The fourth-order valence-electron chi connectivity index (χ4n) is 2.19. The summed E-state index contributed by atoms with van der Waals surface area (Å²) in [6, 6.07) is 8.69. The van der Waals surface area contributed by atoms with E-state index in [-0.39, 0.29) is 17.1 Å². The number of rotatable bonds is 7. The van der Waals surface area contributed by atoms with E-state index in [2.05, 4.69) is 26.6 Å². The van der Waals surface area contributed by atoms with Crippen LogP contribution in [0, 0.1) is 17.0 Å². The lowest BCUT2D eigenvalue weighted by Crippen LogP contribution is -2.35. The number of halogens is 2. The summed E-state index contributed by atoms with van der Waals surface area (Å²) in [6.07, 6.45) is 0. The maximum atomic E-state index is 11.9.